The van der Waals surface area contributed by atoms with Gasteiger partial charge in [0.05, 0.1) is 12.2 Å². The molecule has 0 aromatic rings. The van der Waals surface area contributed by atoms with Crippen molar-refractivity contribution in [3.63, 3.8) is 0 Å². The fraction of sp³-hybridized carbons (Fsp3) is 0.880. The lowest BCUT2D eigenvalue weighted by Crippen LogP contribution is -2.63. The van der Waals surface area contributed by atoms with Gasteiger partial charge in [0.25, 0.3) is 0 Å². The molecule has 2 unspecified atom stereocenters. The van der Waals surface area contributed by atoms with Crippen molar-refractivity contribution in [2.24, 2.45) is 34.0 Å². The Morgan fingerprint density at radius 3 is 2.48 bits per heavy atom. The minimum Gasteiger partial charge on any atom is -0.381 e. The maximum absolute atomic E-state index is 14.0. The number of terminal acetylenes is 1. The Morgan fingerprint density at radius 2 is 1.86 bits per heavy atom. The Balaban J connectivity index is 2.16. The van der Waals surface area contributed by atoms with Crippen LogP contribution in [-0.4, -0.2) is 39.0 Å². The molecule has 0 N–H and O–H groups in total. The van der Waals surface area contributed by atoms with Crippen LogP contribution in [0.5, 0.6) is 0 Å². The van der Waals surface area contributed by atoms with Gasteiger partial charge in [-0.1, -0.05) is 27.7 Å². The van der Waals surface area contributed by atoms with E-state index >= 15 is 0 Å². The highest BCUT2D eigenvalue weighted by Crippen LogP contribution is 2.68. The first-order valence-corrected chi connectivity index (χ1v) is 11.3. The normalized spacial score (nSPS) is 47.2. The summed E-state index contributed by atoms with van der Waals surface area (Å²) in [6.45, 7) is 9.33. The van der Waals surface area contributed by atoms with Crippen LogP contribution in [0.15, 0.2) is 0 Å². The maximum atomic E-state index is 14.0. The zero-order valence-corrected chi connectivity index (χ0v) is 19.3. The first-order chi connectivity index (χ1) is 13.7. The Bertz CT molecular complexity index is 654. The number of hydrogen-bond acceptors (Lipinski definition) is 4. The number of Topliss-reactive ketones (excluding diaryl/α,β-unsaturated/α-hetero) is 1. The van der Waals surface area contributed by atoms with Gasteiger partial charge in [-0.2, -0.15) is 0 Å². The number of ether oxygens (including phenoxy) is 3. The molecule has 29 heavy (non-hydrogen) atoms. The van der Waals surface area contributed by atoms with Crippen LogP contribution in [0, 0.1) is 46.3 Å². The molecular formula is C25H40O4. The molecule has 0 radical (unpaired) electrons. The summed E-state index contributed by atoms with van der Waals surface area (Å²) in [5.41, 5.74) is -0.544. The standard InChI is InChI=1S/C25H40O4/c1-8-9-12-23(4)15-20(29-16-27-6)24(5)17(2)10-13-25(18(3)22(23)26)14-11-19(28-7)21(24)25/h1,17-21H,9-16H2,2-7H3/t17-,18+,19-,20-,21?,23-,24+,25?/m1/s1. The number of methoxy groups -OCH3 is 2. The van der Waals surface area contributed by atoms with E-state index in [1.165, 1.54) is 0 Å². The molecule has 2 bridgehead atoms. The van der Waals surface area contributed by atoms with Gasteiger partial charge in [-0.25, -0.2) is 0 Å². The summed E-state index contributed by atoms with van der Waals surface area (Å²) in [5, 5.41) is 0. The Kier molecular flexibility index (Phi) is 6.54. The molecule has 3 fully saturated rings. The molecule has 0 spiro atoms. The molecule has 0 heterocycles. The van der Waals surface area contributed by atoms with E-state index in [2.05, 4.69) is 33.6 Å². The molecule has 3 aliphatic rings. The molecule has 164 valence electrons. The molecule has 3 aliphatic carbocycles. The smallest absolute Gasteiger partial charge is 0.146 e. The zero-order valence-electron chi connectivity index (χ0n) is 19.3. The van der Waals surface area contributed by atoms with Gasteiger partial charge in [0.1, 0.15) is 12.6 Å². The summed E-state index contributed by atoms with van der Waals surface area (Å²) < 4.78 is 17.8. The number of rotatable bonds is 6. The fourth-order valence-electron chi connectivity index (χ4n) is 7.46. The summed E-state index contributed by atoms with van der Waals surface area (Å²) in [5.74, 6) is 3.97. The minimum absolute atomic E-state index is 0.00841. The van der Waals surface area contributed by atoms with Gasteiger partial charge < -0.3 is 14.2 Å². The van der Waals surface area contributed by atoms with Crippen molar-refractivity contribution in [3.8, 4) is 12.3 Å². The first kappa shape index (κ1) is 22.8. The molecule has 0 aromatic heterocycles. The van der Waals surface area contributed by atoms with Crippen molar-refractivity contribution in [1.29, 1.82) is 0 Å². The van der Waals surface area contributed by atoms with Crippen LogP contribution in [0.25, 0.3) is 0 Å². The lowest BCUT2D eigenvalue weighted by atomic mass is 9.43. The molecule has 0 aliphatic heterocycles. The molecule has 0 aromatic carbocycles. The van der Waals surface area contributed by atoms with E-state index in [1.54, 1.807) is 7.11 Å². The van der Waals surface area contributed by atoms with E-state index < -0.39 is 5.41 Å². The molecule has 8 atom stereocenters. The summed E-state index contributed by atoms with van der Waals surface area (Å²) in [6.07, 6.45) is 12.1. The average molecular weight is 405 g/mol. The van der Waals surface area contributed by atoms with E-state index in [9.17, 15) is 4.79 Å². The lowest BCUT2D eigenvalue weighted by Gasteiger charge is -2.62. The van der Waals surface area contributed by atoms with Gasteiger partial charge in [-0.3, -0.25) is 4.79 Å². The molecular weight excluding hydrogens is 364 g/mol. The van der Waals surface area contributed by atoms with E-state index in [1.807, 2.05) is 7.11 Å². The largest absolute Gasteiger partial charge is 0.381 e. The number of hydrogen-bond donors (Lipinski definition) is 0. The van der Waals surface area contributed by atoms with Crippen molar-refractivity contribution in [2.75, 3.05) is 21.0 Å². The van der Waals surface area contributed by atoms with Crippen LogP contribution in [0.2, 0.25) is 0 Å². The topological polar surface area (TPSA) is 44.8 Å². The molecule has 4 nitrogen and oxygen atoms in total. The summed E-state index contributed by atoms with van der Waals surface area (Å²) >= 11 is 0. The predicted molar refractivity (Wildman–Crippen MR) is 114 cm³/mol. The quantitative estimate of drug-likeness (QED) is 0.469. The number of carbonyl (C=O) groups excluding carboxylic acids is 1. The second kappa shape index (κ2) is 8.33. The number of ketones is 1. The van der Waals surface area contributed by atoms with Gasteiger partial charge in [0.15, 0.2) is 0 Å². The Labute approximate surface area is 177 Å². The SMILES string of the molecule is C#CCC[C@]1(C)C[C@@H](OCOC)[C@@]2(C)C3[C@H](OC)CCC3(CC[C@H]2C)[C@@H](C)C1=O. The van der Waals surface area contributed by atoms with E-state index in [-0.39, 0.29) is 35.7 Å². The highest BCUT2D eigenvalue weighted by Gasteiger charge is 2.68. The second-order valence-electron chi connectivity index (χ2n) is 10.4. The second-order valence-corrected chi connectivity index (χ2v) is 10.4. The third-order valence-corrected chi connectivity index (χ3v) is 9.35. The van der Waals surface area contributed by atoms with Crippen molar-refractivity contribution in [3.05, 3.63) is 0 Å². The van der Waals surface area contributed by atoms with E-state index in [0.717, 1.165) is 32.1 Å². The van der Waals surface area contributed by atoms with Crippen LogP contribution in [0.4, 0.5) is 0 Å². The first-order valence-electron chi connectivity index (χ1n) is 11.3. The monoisotopic (exact) mass is 404 g/mol. The zero-order chi connectivity index (χ0) is 21.4. The summed E-state index contributed by atoms with van der Waals surface area (Å²) in [4.78, 5) is 14.0. The van der Waals surface area contributed by atoms with Gasteiger partial charge in [-0.15, -0.1) is 12.3 Å². The van der Waals surface area contributed by atoms with E-state index in [0.29, 0.717) is 30.5 Å². The fourth-order valence-corrected chi connectivity index (χ4v) is 7.46. The van der Waals surface area contributed by atoms with Crippen molar-refractivity contribution < 1.29 is 19.0 Å². The Hall–Kier alpha value is -0.890. The van der Waals surface area contributed by atoms with Crippen LogP contribution in [0.1, 0.15) is 72.6 Å². The molecule has 0 amide bonds. The number of carbonyl (C=O) groups is 1. The third-order valence-electron chi connectivity index (χ3n) is 9.35. The molecule has 3 rings (SSSR count). The minimum atomic E-state index is -0.467. The summed E-state index contributed by atoms with van der Waals surface area (Å²) in [7, 11) is 3.50. The summed E-state index contributed by atoms with van der Waals surface area (Å²) in [6, 6.07) is 0. The van der Waals surface area contributed by atoms with Crippen molar-refractivity contribution in [2.45, 2.75) is 84.8 Å². The van der Waals surface area contributed by atoms with Gasteiger partial charge in [0.2, 0.25) is 0 Å². The van der Waals surface area contributed by atoms with Crippen LogP contribution in [0.3, 0.4) is 0 Å². The average Bonchev–Trinajstić information content (AvgIpc) is 3.11. The third kappa shape index (κ3) is 3.38. The van der Waals surface area contributed by atoms with Crippen LogP contribution < -0.4 is 0 Å². The van der Waals surface area contributed by atoms with E-state index in [4.69, 9.17) is 20.6 Å². The van der Waals surface area contributed by atoms with Gasteiger partial charge >= 0.3 is 0 Å². The highest BCUT2D eigenvalue weighted by molar-refractivity contribution is 5.87. The van der Waals surface area contributed by atoms with Crippen molar-refractivity contribution in [1.82, 2.24) is 0 Å². The maximum Gasteiger partial charge on any atom is 0.146 e. The van der Waals surface area contributed by atoms with Crippen molar-refractivity contribution >= 4 is 5.78 Å². The molecule has 3 saturated carbocycles. The lowest BCUT2D eigenvalue weighted by molar-refractivity contribution is -0.220. The highest BCUT2D eigenvalue weighted by atomic mass is 16.7. The van der Waals surface area contributed by atoms with Gasteiger partial charge in [0, 0.05) is 37.4 Å². The predicted octanol–water partition coefficient (Wildman–Crippen LogP) is 4.85. The van der Waals surface area contributed by atoms with Gasteiger partial charge in [-0.05, 0) is 55.8 Å². The Morgan fingerprint density at radius 1 is 1.17 bits per heavy atom. The van der Waals surface area contributed by atoms with Crippen LogP contribution in [-0.2, 0) is 19.0 Å². The molecule has 0 saturated heterocycles. The van der Waals surface area contributed by atoms with Crippen LogP contribution >= 0.6 is 0 Å². The molecule has 4 heteroatoms.